The van der Waals surface area contributed by atoms with E-state index < -0.39 is 21.1 Å². The van der Waals surface area contributed by atoms with Crippen molar-refractivity contribution < 1.29 is 27.6 Å². The van der Waals surface area contributed by atoms with E-state index in [1.165, 1.54) is 20.3 Å². The quantitative estimate of drug-likeness (QED) is 0.801. The summed E-state index contributed by atoms with van der Waals surface area (Å²) in [4.78, 5) is -0.408. The standard InChI is InChI=1S/C16H20O6S/c1-10-5-4-6-11(7-10)16(22-3)12-8-15(23(18,19)20)14(21-2)9-13(12)17/h4-6,8-10,16-17H,7H2,1-3H3,(H,18,19,20). The Morgan fingerprint density at radius 1 is 1.30 bits per heavy atom. The molecule has 0 saturated carbocycles. The number of aromatic hydroxyl groups is 1. The summed E-state index contributed by atoms with van der Waals surface area (Å²) in [6.45, 7) is 2.05. The minimum atomic E-state index is -4.49. The van der Waals surface area contributed by atoms with E-state index in [-0.39, 0.29) is 17.1 Å². The van der Waals surface area contributed by atoms with Gasteiger partial charge >= 0.3 is 0 Å². The lowest BCUT2D eigenvalue weighted by molar-refractivity contribution is 0.125. The van der Waals surface area contributed by atoms with Crippen LogP contribution in [0.4, 0.5) is 0 Å². The lowest BCUT2D eigenvalue weighted by Gasteiger charge is -2.24. The van der Waals surface area contributed by atoms with E-state index in [1.54, 1.807) is 0 Å². The SMILES string of the molecule is COc1cc(O)c(C(OC)C2=CC=CC(C)C2)cc1S(=O)(=O)O. The second kappa shape index (κ2) is 6.74. The summed E-state index contributed by atoms with van der Waals surface area (Å²) in [6, 6.07) is 2.34. The Balaban J connectivity index is 2.57. The van der Waals surface area contributed by atoms with E-state index in [1.807, 2.05) is 25.2 Å². The van der Waals surface area contributed by atoms with Crippen LogP contribution in [0.3, 0.4) is 0 Å². The molecule has 0 amide bonds. The molecule has 23 heavy (non-hydrogen) atoms. The number of ether oxygens (including phenoxy) is 2. The van der Waals surface area contributed by atoms with E-state index in [9.17, 15) is 18.1 Å². The third-order valence-corrected chi connectivity index (χ3v) is 4.63. The number of rotatable bonds is 5. The van der Waals surface area contributed by atoms with Gasteiger partial charge in [0.05, 0.1) is 7.11 Å². The monoisotopic (exact) mass is 340 g/mol. The highest BCUT2D eigenvalue weighted by atomic mass is 32.2. The summed E-state index contributed by atoms with van der Waals surface area (Å²) in [6.07, 6.45) is 5.94. The van der Waals surface area contributed by atoms with Gasteiger partial charge in [-0.25, -0.2) is 0 Å². The molecule has 1 aliphatic carbocycles. The molecule has 2 N–H and O–H groups in total. The van der Waals surface area contributed by atoms with Crippen molar-refractivity contribution in [3.05, 3.63) is 41.5 Å². The highest BCUT2D eigenvalue weighted by Gasteiger charge is 2.26. The zero-order valence-electron chi connectivity index (χ0n) is 13.2. The zero-order chi connectivity index (χ0) is 17.2. The molecule has 2 unspecified atom stereocenters. The Kier molecular flexibility index (Phi) is 5.13. The number of allylic oxidation sites excluding steroid dienone is 3. The van der Waals surface area contributed by atoms with Gasteiger partial charge in [0.15, 0.2) is 0 Å². The number of phenols is 1. The van der Waals surface area contributed by atoms with Crippen LogP contribution in [0, 0.1) is 5.92 Å². The van der Waals surface area contributed by atoms with E-state index in [2.05, 4.69) is 0 Å². The summed E-state index contributed by atoms with van der Waals surface area (Å²) in [5, 5.41) is 10.2. The van der Waals surface area contributed by atoms with Gasteiger partial charge in [0.25, 0.3) is 10.1 Å². The molecule has 0 fully saturated rings. The highest BCUT2D eigenvalue weighted by molar-refractivity contribution is 7.86. The first-order valence-electron chi connectivity index (χ1n) is 7.06. The van der Waals surface area contributed by atoms with E-state index >= 15 is 0 Å². The van der Waals surface area contributed by atoms with Crippen LogP contribution in [0.15, 0.2) is 40.8 Å². The van der Waals surface area contributed by atoms with Crippen molar-refractivity contribution in [2.45, 2.75) is 24.3 Å². The molecule has 0 bridgehead atoms. The average molecular weight is 340 g/mol. The highest BCUT2D eigenvalue weighted by Crippen LogP contribution is 2.40. The molecular weight excluding hydrogens is 320 g/mol. The molecule has 2 rings (SSSR count). The number of phenolic OH excluding ortho intramolecular Hbond substituents is 1. The van der Waals surface area contributed by atoms with Gasteiger partial charge in [-0.2, -0.15) is 8.42 Å². The maximum absolute atomic E-state index is 11.5. The third kappa shape index (κ3) is 3.74. The third-order valence-electron chi connectivity index (χ3n) is 3.75. The van der Waals surface area contributed by atoms with Gasteiger partial charge in [0, 0.05) is 18.7 Å². The second-order valence-corrected chi connectivity index (χ2v) is 6.85. The molecule has 1 aromatic rings. The van der Waals surface area contributed by atoms with Crippen molar-refractivity contribution in [2.75, 3.05) is 14.2 Å². The first kappa shape index (κ1) is 17.5. The summed E-state index contributed by atoms with van der Waals surface area (Å²) >= 11 is 0. The number of benzene rings is 1. The summed E-state index contributed by atoms with van der Waals surface area (Å²) in [5.74, 6) is 0.0211. The van der Waals surface area contributed by atoms with Gasteiger partial charge in [-0.3, -0.25) is 4.55 Å². The molecule has 0 aliphatic heterocycles. The van der Waals surface area contributed by atoms with Crippen molar-refractivity contribution in [2.24, 2.45) is 5.92 Å². The van der Waals surface area contributed by atoms with Crippen LogP contribution < -0.4 is 4.74 Å². The molecule has 0 aromatic heterocycles. The molecule has 1 aromatic carbocycles. The molecule has 0 heterocycles. The van der Waals surface area contributed by atoms with Crippen LogP contribution in [-0.2, 0) is 14.9 Å². The van der Waals surface area contributed by atoms with Crippen molar-refractivity contribution in [1.29, 1.82) is 0 Å². The van der Waals surface area contributed by atoms with Gasteiger partial charge in [0.2, 0.25) is 0 Å². The normalized spacial score (nSPS) is 19.3. The van der Waals surface area contributed by atoms with Gasteiger partial charge in [-0.15, -0.1) is 0 Å². The largest absolute Gasteiger partial charge is 0.507 e. The Morgan fingerprint density at radius 2 is 2.00 bits per heavy atom. The smallest absolute Gasteiger partial charge is 0.298 e. The first-order chi connectivity index (χ1) is 10.8. The minimum absolute atomic E-state index is 0.130. The maximum Gasteiger partial charge on any atom is 0.298 e. The lowest BCUT2D eigenvalue weighted by Crippen LogP contribution is -2.11. The van der Waals surface area contributed by atoms with Gasteiger partial charge in [0.1, 0.15) is 22.5 Å². The number of methoxy groups -OCH3 is 2. The molecule has 126 valence electrons. The Labute approximate surface area is 135 Å². The first-order valence-corrected chi connectivity index (χ1v) is 8.50. The molecule has 0 saturated heterocycles. The number of hydrogen-bond donors (Lipinski definition) is 2. The lowest BCUT2D eigenvalue weighted by atomic mass is 9.89. The van der Waals surface area contributed by atoms with Crippen LogP contribution in [0.25, 0.3) is 0 Å². The fraction of sp³-hybridized carbons (Fsp3) is 0.375. The van der Waals surface area contributed by atoms with Crippen LogP contribution >= 0.6 is 0 Å². The van der Waals surface area contributed by atoms with E-state index in [0.717, 1.165) is 18.1 Å². The van der Waals surface area contributed by atoms with Crippen molar-refractivity contribution in [3.8, 4) is 11.5 Å². The van der Waals surface area contributed by atoms with Crippen molar-refractivity contribution in [1.82, 2.24) is 0 Å². The molecule has 0 radical (unpaired) electrons. The predicted octanol–water partition coefficient (Wildman–Crippen LogP) is 2.86. The predicted molar refractivity (Wildman–Crippen MR) is 85.2 cm³/mol. The molecule has 0 spiro atoms. The molecular formula is C16H20O6S. The molecule has 7 heteroatoms. The molecule has 6 nitrogen and oxygen atoms in total. The summed E-state index contributed by atoms with van der Waals surface area (Å²) in [5.41, 5.74) is 1.17. The number of hydrogen-bond acceptors (Lipinski definition) is 5. The fourth-order valence-electron chi connectivity index (χ4n) is 2.69. The topological polar surface area (TPSA) is 93.1 Å². The van der Waals surface area contributed by atoms with Crippen molar-refractivity contribution in [3.63, 3.8) is 0 Å². The van der Waals surface area contributed by atoms with Crippen LogP contribution in [-0.4, -0.2) is 32.3 Å². The van der Waals surface area contributed by atoms with Crippen LogP contribution in [0.5, 0.6) is 11.5 Å². The second-order valence-electron chi connectivity index (χ2n) is 5.46. The molecule has 2 atom stereocenters. The van der Waals surface area contributed by atoms with Crippen molar-refractivity contribution >= 4 is 10.1 Å². The van der Waals surface area contributed by atoms with Gasteiger partial charge in [-0.1, -0.05) is 25.2 Å². The Bertz CT molecular complexity index is 748. The van der Waals surface area contributed by atoms with E-state index in [0.29, 0.717) is 5.92 Å². The summed E-state index contributed by atoms with van der Waals surface area (Å²) in [7, 11) is -1.76. The Hall–Kier alpha value is -1.83. The fourth-order valence-corrected chi connectivity index (χ4v) is 3.36. The van der Waals surface area contributed by atoms with E-state index in [4.69, 9.17) is 9.47 Å². The zero-order valence-corrected chi connectivity index (χ0v) is 14.0. The van der Waals surface area contributed by atoms with Crippen LogP contribution in [0.2, 0.25) is 0 Å². The maximum atomic E-state index is 11.5. The minimum Gasteiger partial charge on any atom is -0.507 e. The summed E-state index contributed by atoms with van der Waals surface area (Å²) < 4.78 is 42.8. The van der Waals surface area contributed by atoms with Gasteiger partial charge in [-0.05, 0) is 24.0 Å². The van der Waals surface area contributed by atoms with Gasteiger partial charge < -0.3 is 14.6 Å². The average Bonchev–Trinajstić information content (AvgIpc) is 2.48. The van der Waals surface area contributed by atoms with Crippen LogP contribution in [0.1, 0.15) is 25.0 Å². The Morgan fingerprint density at radius 3 is 2.52 bits per heavy atom. The molecule has 1 aliphatic rings.